The number of carbonyl (C=O) groups is 1. The maximum Gasteiger partial charge on any atom is 0.297 e. The number of non-ortho nitro benzene ring substituents is 1. The number of primary amides is 1. The molecule has 1 amide bonds. The molecule has 1 heterocycles. The number of hydrogen-bond donors (Lipinski definition) is 9. The predicted octanol–water partition coefficient (Wildman–Crippen LogP) is 2.97. The molecule has 0 aliphatic heterocycles. The van der Waals surface area contributed by atoms with E-state index in [0.717, 1.165) is 16.8 Å². The summed E-state index contributed by atoms with van der Waals surface area (Å²) in [5.74, 6) is -4.15. The molecule has 0 fully saturated rings. The molecule has 1 aromatic heterocycles. The average Bonchev–Trinajstić information content (AvgIpc) is 3.45. The van der Waals surface area contributed by atoms with Crippen molar-refractivity contribution in [2.45, 2.75) is 26.1 Å². The van der Waals surface area contributed by atoms with E-state index in [1.807, 2.05) is 0 Å². The second kappa shape index (κ2) is 16.2. The first-order chi connectivity index (χ1) is 28.1. The highest BCUT2D eigenvalue weighted by Gasteiger charge is 2.30. The van der Waals surface area contributed by atoms with Gasteiger partial charge in [0.25, 0.3) is 57.6 Å². The number of nitrogens with one attached hydrogen (secondary N) is 1. The van der Waals surface area contributed by atoms with Crippen molar-refractivity contribution in [1.82, 2.24) is 9.78 Å². The molecule has 0 saturated heterocycles. The molecule has 29 nitrogen and oxygen atoms in total. The minimum atomic E-state index is -5.54. The van der Waals surface area contributed by atoms with Crippen LogP contribution in [0, 0.1) is 10.1 Å². The fourth-order valence-corrected chi connectivity index (χ4v) is 7.72. The van der Waals surface area contributed by atoms with E-state index in [-0.39, 0.29) is 6.54 Å². The lowest BCUT2D eigenvalue weighted by Gasteiger charge is -2.13. The van der Waals surface area contributed by atoms with Crippen LogP contribution in [0.15, 0.2) is 104 Å². The molecule has 0 spiro atoms. The number of benzene rings is 4. The van der Waals surface area contributed by atoms with Gasteiger partial charge >= 0.3 is 0 Å². The molecule has 0 bridgehead atoms. The van der Waals surface area contributed by atoms with Crippen molar-refractivity contribution in [3.05, 3.63) is 74.7 Å². The number of azo groups is 3. The van der Waals surface area contributed by atoms with E-state index < -0.39 is 151 Å². The smallest absolute Gasteiger partial charge is 0.297 e. The number of aliphatic hydroxyl groups is 1. The summed E-state index contributed by atoms with van der Waals surface area (Å²) in [5, 5.41) is 64.1. The summed E-state index contributed by atoms with van der Waals surface area (Å²) in [6.45, 7) is -0.876. The standard InChI is InChI=1S/C28H22N10O19S4/c29-27(42)23-24(28(43)37(36-23)5-6-39)35-30-12-1-3-14(16(9-12)58(46,47)48)31-33-21-18(60(52,53)54)7-11-8-19(61(55,56)57)22(26(41)20(11)25(21)40)34-32-15-4-2-13(38(44)45)10-17(15)59(49,50)51/h1-4,7-10,36,39-41H,5-6H2,(H2,29,42)(H,46,47,48)(H,49,50,51)(H,52,53,54)(H,55,56,57). The zero-order valence-corrected chi connectivity index (χ0v) is 32.6. The number of amides is 1. The number of phenolic OH excluding ortho intramolecular Hbond substituents is 2. The van der Waals surface area contributed by atoms with Crippen molar-refractivity contribution in [2.75, 3.05) is 6.61 Å². The first-order valence-corrected chi connectivity index (χ1v) is 21.3. The molecule has 0 aliphatic rings. The fraction of sp³-hybridized carbons (Fsp3) is 0.0714. The molecule has 322 valence electrons. The maximum atomic E-state index is 12.6. The Morgan fingerprint density at radius 2 is 1.15 bits per heavy atom. The number of aromatic nitrogens is 2. The van der Waals surface area contributed by atoms with Crippen LogP contribution in [0.2, 0.25) is 0 Å². The number of nitro benzene ring substituents is 1. The van der Waals surface area contributed by atoms with Gasteiger partial charge in [0.2, 0.25) is 0 Å². The molecule has 0 radical (unpaired) electrons. The third kappa shape index (κ3) is 9.42. The molecule has 61 heavy (non-hydrogen) atoms. The Morgan fingerprint density at radius 1 is 0.689 bits per heavy atom. The van der Waals surface area contributed by atoms with Crippen LogP contribution in [0.5, 0.6) is 11.5 Å². The van der Waals surface area contributed by atoms with Crippen LogP contribution < -0.4 is 11.3 Å². The van der Waals surface area contributed by atoms with E-state index in [4.69, 9.17) is 10.8 Å². The number of aromatic amines is 1. The number of nitro groups is 1. The first kappa shape index (κ1) is 45.1. The largest absolute Gasteiger partial charge is 0.505 e. The van der Waals surface area contributed by atoms with Gasteiger partial charge in [0.05, 0.1) is 29.1 Å². The van der Waals surface area contributed by atoms with Crippen LogP contribution in [0.3, 0.4) is 0 Å². The monoisotopic (exact) mass is 930 g/mol. The Morgan fingerprint density at radius 3 is 1.59 bits per heavy atom. The highest BCUT2D eigenvalue weighted by atomic mass is 32.2. The van der Waals surface area contributed by atoms with Gasteiger partial charge in [0, 0.05) is 12.1 Å². The molecule has 4 aromatic carbocycles. The SMILES string of the molecule is NC(=O)c1[nH]n(CCO)c(=O)c1N=Nc1ccc(N=Nc2c(S(=O)(=O)O)cc3cc(S(=O)(=O)O)c(N=Nc4ccc([N+](=O)[O-])cc4S(=O)(=O)O)c(O)c3c2O)c(S(=O)(=O)O)c1. The van der Waals surface area contributed by atoms with E-state index >= 15 is 0 Å². The van der Waals surface area contributed by atoms with Gasteiger partial charge in [-0.15, -0.1) is 25.6 Å². The fourth-order valence-electron chi connectivity index (χ4n) is 5.12. The summed E-state index contributed by atoms with van der Waals surface area (Å²) in [5.41, 5.74) is -2.70. The summed E-state index contributed by atoms with van der Waals surface area (Å²) >= 11 is 0. The topological polar surface area (TPSA) is 476 Å². The van der Waals surface area contributed by atoms with Crippen LogP contribution in [-0.2, 0) is 47.0 Å². The molecular weight excluding hydrogens is 909 g/mol. The number of H-pyrrole nitrogens is 1. The number of fused-ring (bicyclic) bond motifs is 1. The van der Waals surface area contributed by atoms with Gasteiger partial charge in [0.15, 0.2) is 22.9 Å². The molecule has 0 saturated carbocycles. The van der Waals surface area contributed by atoms with Gasteiger partial charge < -0.3 is 21.1 Å². The minimum absolute atomic E-state index is 0.324. The van der Waals surface area contributed by atoms with E-state index in [1.165, 1.54) is 0 Å². The van der Waals surface area contributed by atoms with Gasteiger partial charge in [-0.1, -0.05) is 0 Å². The summed E-state index contributed by atoms with van der Waals surface area (Å²) in [6.07, 6.45) is 0. The summed E-state index contributed by atoms with van der Waals surface area (Å²) in [4.78, 5) is 29.3. The highest BCUT2D eigenvalue weighted by Crippen LogP contribution is 2.50. The van der Waals surface area contributed by atoms with Gasteiger partial charge in [-0.25, -0.2) is 4.68 Å². The zero-order valence-electron chi connectivity index (χ0n) is 29.4. The van der Waals surface area contributed by atoms with Gasteiger partial charge in [-0.2, -0.15) is 38.8 Å². The molecule has 10 N–H and O–H groups in total. The van der Waals surface area contributed by atoms with Crippen LogP contribution in [0.1, 0.15) is 10.5 Å². The zero-order chi connectivity index (χ0) is 45.6. The van der Waals surface area contributed by atoms with Crippen molar-refractivity contribution in [2.24, 2.45) is 36.4 Å². The van der Waals surface area contributed by atoms with Crippen LogP contribution >= 0.6 is 0 Å². The predicted molar refractivity (Wildman–Crippen MR) is 199 cm³/mol. The second-order valence-corrected chi connectivity index (χ2v) is 17.2. The number of aromatic hydroxyl groups is 2. The number of aliphatic hydroxyl groups excluding tert-OH is 1. The van der Waals surface area contributed by atoms with Crippen LogP contribution in [-0.4, -0.2) is 94.4 Å². The molecule has 0 atom stereocenters. The number of rotatable bonds is 14. The molecule has 0 unspecified atom stereocenters. The summed E-state index contributed by atoms with van der Waals surface area (Å²) in [7, 11) is -21.7. The summed E-state index contributed by atoms with van der Waals surface area (Å²) in [6, 6.07) is 4.66. The minimum Gasteiger partial charge on any atom is -0.505 e. The van der Waals surface area contributed by atoms with Crippen molar-refractivity contribution in [3.63, 3.8) is 0 Å². The highest BCUT2D eigenvalue weighted by molar-refractivity contribution is 7.86. The van der Waals surface area contributed by atoms with Crippen molar-refractivity contribution in [3.8, 4) is 11.5 Å². The Hall–Kier alpha value is -6.98. The number of nitrogens with two attached hydrogens (primary N) is 1. The lowest BCUT2D eigenvalue weighted by molar-refractivity contribution is -0.385. The number of carbonyl (C=O) groups excluding carboxylic acids is 1. The van der Waals surface area contributed by atoms with Gasteiger partial charge in [-0.3, -0.25) is 43.0 Å². The third-order valence-electron chi connectivity index (χ3n) is 7.74. The Kier molecular flexibility index (Phi) is 12.0. The number of phenols is 2. The Labute approximate surface area is 338 Å². The second-order valence-electron chi connectivity index (χ2n) is 11.7. The molecule has 33 heteroatoms. The molecule has 5 rings (SSSR count). The van der Waals surface area contributed by atoms with E-state index in [2.05, 4.69) is 35.8 Å². The van der Waals surface area contributed by atoms with Crippen molar-refractivity contribution in [1.29, 1.82) is 0 Å². The van der Waals surface area contributed by atoms with Crippen LogP contribution in [0.25, 0.3) is 10.8 Å². The molecule has 5 aromatic rings. The van der Waals surface area contributed by atoms with Gasteiger partial charge in [0.1, 0.15) is 42.3 Å². The van der Waals surface area contributed by atoms with E-state index in [9.17, 15) is 81.8 Å². The Bertz CT molecular complexity index is 3330. The van der Waals surface area contributed by atoms with Gasteiger partial charge in [-0.05, 0) is 41.8 Å². The quantitative estimate of drug-likeness (QED) is 0.0334. The third-order valence-corrected chi connectivity index (χ3v) is 11.2. The lowest BCUT2D eigenvalue weighted by atomic mass is 10.1. The molecular formula is C28H22N10O19S4. The average molecular weight is 931 g/mol. The normalized spacial score (nSPS) is 12.9. The Balaban J connectivity index is 1.71. The summed E-state index contributed by atoms with van der Waals surface area (Å²) < 4.78 is 138. The van der Waals surface area contributed by atoms with E-state index in [0.29, 0.717) is 36.4 Å². The molecule has 0 aliphatic carbocycles. The van der Waals surface area contributed by atoms with Crippen molar-refractivity contribution < 1.29 is 76.9 Å². The lowest BCUT2D eigenvalue weighted by Crippen LogP contribution is -2.18. The van der Waals surface area contributed by atoms with E-state index in [1.54, 1.807) is 0 Å². The van der Waals surface area contributed by atoms with Crippen LogP contribution in [0.4, 0.5) is 39.8 Å². The first-order valence-electron chi connectivity index (χ1n) is 15.5. The maximum absolute atomic E-state index is 12.6. The number of hydrogen-bond acceptors (Lipinski definition) is 21. The number of nitrogens with zero attached hydrogens (tertiary/aromatic N) is 8. The van der Waals surface area contributed by atoms with Crippen molar-refractivity contribution >= 4 is 97.0 Å².